The van der Waals surface area contributed by atoms with Gasteiger partial charge in [-0.3, -0.25) is 9.78 Å². The average Bonchev–Trinajstić information content (AvgIpc) is 3.21. The van der Waals surface area contributed by atoms with E-state index in [4.69, 9.17) is 22.1 Å². The highest BCUT2D eigenvalue weighted by Gasteiger charge is 2.28. The van der Waals surface area contributed by atoms with Crippen LogP contribution < -0.4 is 16.4 Å². The molecule has 2 aliphatic rings. The second kappa shape index (κ2) is 9.68. The van der Waals surface area contributed by atoms with Gasteiger partial charge in [0, 0.05) is 43.5 Å². The van der Waals surface area contributed by atoms with Crippen LogP contribution in [0.4, 0.5) is 11.6 Å². The molecule has 160 valence electrons. The fraction of sp³-hybridized carbons (Fsp3) is 0.524. The molecule has 2 atom stereocenters. The van der Waals surface area contributed by atoms with Crippen LogP contribution in [-0.2, 0) is 9.53 Å². The molecule has 1 aliphatic heterocycles. The Bertz CT molecular complexity index is 890. The number of hydrogen-bond acceptors (Lipinski definition) is 7. The van der Waals surface area contributed by atoms with Crippen molar-refractivity contribution in [2.24, 2.45) is 17.6 Å². The number of nitrogens with two attached hydrogens (primary N) is 1. The van der Waals surface area contributed by atoms with Crippen LogP contribution in [0.2, 0.25) is 5.02 Å². The Morgan fingerprint density at radius 1 is 1.17 bits per heavy atom. The summed E-state index contributed by atoms with van der Waals surface area (Å²) in [4.78, 5) is 25.7. The van der Waals surface area contributed by atoms with Crippen molar-refractivity contribution in [1.29, 1.82) is 0 Å². The fourth-order valence-corrected chi connectivity index (χ4v) is 4.17. The highest BCUT2D eigenvalue weighted by molar-refractivity contribution is 6.33. The lowest BCUT2D eigenvalue weighted by Gasteiger charge is -2.22. The van der Waals surface area contributed by atoms with Gasteiger partial charge in [-0.05, 0) is 44.1 Å². The summed E-state index contributed by atoms with van der Waals surface area (Å²) < 4.78 is 5.41. The van der Waals surface area contributed by atoms with Gasteiger partial charge in [-0.15, -0.1) is 0 Å². The van der Waals surface area contributed by atoms with Gasteiger partial charge in [-0.2, -0.15) is 0 Å². The quantitative estimate of drug-likeness (QED) is 0.644. The van der Waals surface area contributed by atoms with Gasteiger partial charge >= 0.3 is 0 Å². The molecule has 4 N–H and O–H groups in total. The number of nitrogens with one attached hydrogen (secondary N) is 2. The average molecular weight is 431 g/mol. The maximum atomic E-state index is 12.5. The molecule has 0 radical (unpaired) electrons. The first kappa shape index (κ1) is 21.0. The Morgan fingerprint density at radius 3 is 2.77 bits per heavy atom. The number of carbonyl (C=O) groups is 1. The maximum absolute atomic E-state index is 12.5. The normalized spacial score (nSPS) is 22.1. The molecular weight excluding hydrogens is 404 g/mol. The summed E-state index contributed by atoms with van der Waals surface area (Å²) in [5.74, 6) is 1.58. The minimum Gasteiger partial charge on any atom is -0.381 e. The largest absolute Gasteiger partial charge is 0.381 e. The van der Waals surface area contributed by atoms with Crippen LogP contribution >= 0.6 is 11.6 Å². The summed E-state index contributed by atoms with van der Waals surface area (Å²) in [5.41, 5.74) is 7.22. The zero-order valence-electron chi connectivity index (χ0n) is 16.8. The zero-order chi connectivity index (χ0) is 20.9. The Morgan fingerprint density at radius 2 is 2.00 bits per heavy atom. The predicted molar refractivity (Wildman–Crippen MR) is 116 cm³/mol. The summed E-state index contributed by atoms with van der Waals surface area (Å²) >= 11 is 6.37. The summed E-state index contributed by atoms with van der Waals surface area (Å²) in [5, 5.41) is 6.70. The Labute approximate surface area is 181 Å². The molecule has 0 unspecified atom stereocenters. The van der Waals surface area contributed by atoms with Gasteiger partial charge in [0.05, 0.1) is 23.1 Å². The van der Waals surface area contributed by atoms with Crippen LogP contribution in [0, 0.1) is 11.8 Å². The van der Waals surface area contributed by atoms with Crippen molar-refractivity contribution in [3.8, 4) is 11.3 Å². The molecule has 0 spiro atoms. The van der Waals surface area contributed by atoms with Crippen molar-refractivity contribution in [1.82, 2.24) is 15.0 Å². The molecule has 9 heteroatoms. The minimum atomic E-state index is -0.0709. The monoisotopic (exact) mass is 430 g/mol. The summed E-state index contributed by atoms with van der Waals surface area (Å²) in [6, 6.07) is 1.84. The number of amides is 1. The maximum Gasteiger partial charge on any atom is 0.228 e. The Kier molecular flexibility index (Phi) is 6.76. The van der Waals surface area contributed by atoms with E-state index in [-0.39, 0.29) is 17.9 Å². The smallest absolute Gasteiger partial charge is 0.228 e. The first-order chi connectivity index (χ1) is 14.6. The van der Waals surface area contributed by atoms with E-state index in [0.29, 0.717) is 40.3 Å². The third kappa shape index (κ3) is 5.24. The van der Waals surface area contributed by atoms with Crippen LogP contribution in [0.5, 0.6) is 0 Å². The summed E-state index contributed by atoms with van der Waals surface area (Å²) in [6.07, 6.45) is 9.36. The second-order valence-electron chi connectivity index (χ2n) is 8.03. The van der Waals surface area contributed by atoms with Gasteiger partial charge in [0.1, 0.15) is 11.6 Å². The number of carbonyl (C=O) groups excluding carboxylic acids is 1. The van der Waals surface area contributed by atoms with E-state index in [1.807, 2.05) is 0 Å². The first-order valence-corrected chi connectivity index (χ1v) is 10.8. The fourth-order valence-electron chi connectivity index (χ4n) is 3.97. The predicted octanol–water partition coefficient (Wildman–Crippen LogP) is 3.10. The Balaban J connectivity index is 1.45. The third-order valence-electron chi connectivity index (χ3n) is 5.77. The third-order valence-corrected chi connectivity index (χ3v) is 6.08. The molecule has 1 saturated carbocycles. The van der Waals surface area contributed by atoms with Gasteiger partial charge < -0.3 is 21.1 Å². The number of aromatic nitrogens is 3. The van der Waals surface area contributed by atoms with Crippen molar-refractivity contribution < 1.29 is 9.53 Å². The molecule has 3 heterocycles. The lowest BCUT2D eigenvalue weighted by molar-refractivity contribution is -0.119. The molecule has 0 aromatic carbocycles. The van der Waals surface area contributed by atoms with E-state index >= 15 is 0 Å². The summed E-state index contributed by atoms with van der Waals surface area (Å²) in [6.45, 7) is 2.45. The number of nitrogens with zero attached hydrogens (tertiary/aromatic N) is 3. The number of halogens is 1. The van der Waals surface area contributed by atoms with Crippen LogP contribution in [0.25, 0.3) is 11.3 Å². The minimum absolute atomic E-state index is 0.0540. The summed E-state index contributed by atoms with van der Waals surface area (Å²) in [7, 11) is 0. The van der Waals surface area contributed by atoms with Gasteiger partial charge in [-0.25, -0.2) is 9.97 Å². The van der Waals surface area contributed by atoms with Crippen LogP contribution in [0.15, 0.2) is 24.7 Å². The molecule has 1 aliphatic carbocycles. The van der Waals surface area contributed by atoms with Gasteiger partial charge in [0.25, 0.3) is 0 Å². The van der Waals surface area contributed by atoms with Crippen molar-refractivity contribution in [2.45, 2.75) is 38.1 Å². The zero-order valence-corrected chi connectivity index (χ0v) is 17.6. The van der Waals surface area contributed by atoms with Crippen molar-refractivity contribution in [3.05, 3.63) is 29.7 Å². The molecule has 0 bridgehead atoms. The number of ether oxygens (including phenoxy) is 1. The van der Waals surface area contributed by atoms with E-state index in [2.05, 4.69) is 25.6 Å². The van der Waals surface area contributed by atoms with E-state index in [1.54, 1.807) is 18.5 Å². The van der Waals surface area contributed by atoms with Crippen molar-refractivity contribution in [3.63, 3.8) is 0 Å². The van der Waals surface area contributed by atoms with Gasteiger partial charge in [-0.1, -0.05) is 11.6 Å². The highest BCUT2D eigenvalue weighted by Crippen LogP contribution is 2.30. The molecule has 8 nitrogen and oxygen atoms in total. The molecule has 30 heavy (non-hydrogen) atoms. The number of rotatable bonds is 6. The Hall–Kier alpha value is -2.29. The standard InChI is InChI=1S/C21H27ClN6O2/c22-17-10-26-19(28-21(29)14-1-2-15(23)7-14)8-16(17)18-11-24-12-20(27-18)25-9-13-3-5-30-6-4-13/h8,10-15H,1-7,9,23H2,(H,25,27)(H,26,28,29)/t14-,15+/m1/s1. The molecule has 1 saturated heterocycles. The molecule has 2 aromatic rings. The number of pyridine rings is 1. The van der Waals surface area contributed by atoms with E-state index < -0.39 is 0 Å². The molecule has 2 fully saturated rings. The molecule has 4 rings (SSSR count). The lowest BCUT2D eigenvalue weighted by Crippen LogP contribution is -2.23. The number of anilines is 2. The van der Waals surface area contributed by atoms with E-state index in [0.717, 1.165) is 45.4 Å². The van der Waals surface area contributed by atoms with Crippen LogP contribution in [-0.4, -0.2) is 46.7 Å². The highest BCUT2D eigenvalue weighted by atomic mass is 35.5. The molecular formula is C21H27ClN6O2. The molecule has 2 aromatic heterocycles. The van der Waals surface area contributed by atoms with Crippen molar-refractivity contribution in [2.75, 3.05) is 30.4 Å². The van der Waals surface area contributed by atoms with Crippen LogP contribution in [0.3, 0.4) is 0 Å². The van der Waals surface area contributed by atoms with Crippen LogP contribution in [0.1, 0.15) is 32.1 Å². The number of hydrogen-bond donors (Lipinski definition) is 3. The van der Waals surface area contributed by atoms with Gasteiger partial charge in [0.2, 0.25) is 5.91 Å². The topological polar surface area (TPSA) is 115 Å². The second-order valence-corrected chi connectivity index (χ2v) is 8.44. The van der Waals surface area contributed by atoms with E-state index in [9.17, 15) is 4.79 Å². The lowest BCUT2D eigenvalue weighted by atomic mass is 10.0. The van der Waals surface area contributed by atoms with E-state index in [1.165, 1.54) is 6.20 Å². The first-order valence-electron chi connectivity index (χ1n) is 10.4. The SMILES string of the molecule is N[C@H]1CC[C@@H](C(=O)Nc2cc(-c3cncc(NCC4CCOCC4)n3)c(Cl)cn2)C1. The van der Waals surface area contributed by atoms with Gasteiger partial charge in [0.15, 0.2) is 0 Å². The molecule has 1 amide bonds. The van der Waals surface area contributed by atoms with Crippen molar-refractivity contribution >= 4 is 29.1 Å².